The summed E-state index contributed by atoms with van der Waals surface area (Å²) in [5.74, 6) is -1.65. The van der Waals surface area contributed by atoms with Gasteiger partial charge in [0.05, 0.1) is 12.8 Å². The number of rotatable bonds is 19. The summed E-state index contributed by atoms with van der Waals surface area (Å²) in [6.07, 6.45) is 15.7. The molecule has 0 heterocycles. The van der Waals surface area contributed by atoms with Crippen molar-refractivity contribution in [2.45, 2.75) is 96.8 Å². The Balaban J connectivity index is 3.53. The third-order valence-corrected chi connectivity index (χ3v) is 4.61. The largest absolute Gasteiger partial charge is 0.481 e. The van der Waals surface area contributed by atoms with Crippen LogP contribution in [-0.2, 0) is 9.59 Å². The van der Waals surface area contributed by atoms with Crippen LogP contribution in [0.5, 0.6) is 0 Å². The van der Waals surface area contributed by atoms with Crippen molar-refractivity contribution in [1.29, 1.82) is 0 Å². The first kappa shape index (κ1) is 23.9. The fourth-order valence-corrected chi connectivity index (χ4v) is 3.02. The predicted octanol–water partition coefficient (Wildman–Crippen LogP) is 4.94. The van der Waals surface area contributed by atoms with Gasteiger partial charge in [-0.05, 0) is 13.0 Å². The van der Waals surface area contributed by atoms with Crippen LogP contribution in [0.15, 0.2) is 0 Å². The standard InChI is InChI=1S/C20H39NO4/c1-2-3-4-5-6-7-8-9-10-11-12-13-16-21(17-14-19(22)23)18-15-20(24)25/h2-18H2,1H3,(H,22,23)(H,24,25). The number of hydrogen-bond acceptors (Lipinski definition) is 3. The smallest absolute Gasteiger partial charge is 0.304 e. The molecule has 0 aliphatic rings. The number of carboxylic acid groups (broad SMARTS) is 2. The SMILES string of the molecule is CCCCCCCCCCCCCCN(CCC(=O)O)CCC(=O)O. The Morgan fingerprint density at radius 2 is 0.960 bits per heavy atom. The van der Waals surface area contributed by atoms with Gasteiger partial charge in [0.1, 0.15) is 0 Å². The molecule has 0 aromatic carbocycles. The molecule has 5 heteroatoms. The second kappa shape index (κ2) is 17.7. The van der Waals surface area contributed by atoms with Crippen LogP contribution in [0.1, 0.15) is 96.8 Å². The van der Waals surface area contributed by atoms with Gasteiger partial charge in [-0.15, -0.1) is 0 Å². The lowest BCUT2D eigenvalue weighted by molar-refractivity contribution is -0.137. The third kappa shape index (κ3) is 19.1. The summed E-state index contributed by atoms with van der Waals surface area (Å²) >= 11 is 0. The first-order chi connectivity index (χ1) is 12.1. The van der Waals surface area contributed by atoms with Crippen LogP contribution < -0.4 is 0 Å². The summed E-state index contributed by atoms with van der Waals surface area (Å²) in [7, 11) is 0. The van der Waals surface area contributed by atoms with E-state index in [0.717, 1.165) is 19.4 Å². The van der Waals surface area contributed by atoms with Gasteiger partial charge in [0.15, 0.2) is 0 Å². The second-order valence-corrected chi connectivity index (χ2v) is 7.02. The lowest BCUT2D eigenvalue weighted by Crippen LogP contribution is -2.30. The summed E-state index contributed by atoms with van der Waals surface area (Å²) < 4.78 is 0. The highest BCUT2D eigenvalue weighted by atomic mass is 16.4. The number of carbonyl (C=O) groups is 2. The molecule has 0 radical (unpaired) electrons. The highest BCUT2D eigenvalue weighted by Gasteiger charge is 2.09. The Morgan fingerprint density at radius 1 is 0.600 bits per heavy atom. The van der Waals surface area contributed by atoms with Crippen LogP contribution >= 0.6 is 0 Å². The molecule has 0 unspecified atom stereocenters. The number of aliphatic carboxylic acids is 2. The second-order valence-electron chi connectivity index (χ2n) is 7.02. The molecule has 148 valence electrons. The third-order valence-electron chi connectivity index (χ3n) is 4.61. The van der Waals surface area contributed by atoms with Gasteiger partial charge in [-0.25, -0.2) is 0 Å². The van der Waals surface area contributed by atoms with E-state index in [9.17, 15) is 9.59 Å². The van der Waals surface area contributed by atoms with Crippen LogP contribution in [0.25, 0.3) is 0 Å². The van der Waals surface area contributed by atoms with E-state index in [2.05, 4.69) is 6.92 Å². The molecule has 0 spiro atoms. The lowest BCUT2D eigenvalue weighted by atomic mass is 10.1. The normalized spacial score (nSPS) is 11.1. The summed E-state index contributed by atoms with van der Waals surface area (Å²) in [5, 5.41) is 17.5. The monoisotopic (exact) mass is 357 g/mol. The Kier molecular flexibility index (Phi) is 16.9. The van der Waals surface area contributed by atoms with Gasteiger partial charge in [-0.1, -0.05) is 77.6 Å². The maximum atomic E-state index is 10.7. The Bertz CT molecular complexity index is 316. The minimum Gasteiger partial charge on any atom is -0.481 e. The van der Waals surface area contributed by atoms with E-state index in [4.69, 9.17) is 10.2 Å². The molecule has 5 nitrogen and oxygen atoms in total. The summed E-state index contributed by atoms with van der Waals surface area (Å²) in [6, 6.07) is 0. The Labute approximate surface area is 153 Å². The Hall–Kier alpha value is -1.10. The molecule has 0 aliphatic heterocycles. The number of unbranched alkanes of at least 4 members (excludes halogenated alkanes) is 11. The van der Waals surface area contributed by atoms with Crippen LogP contribution in [-0.4, -0.2) is 46.7 Å². The summed E-state index contributed by atoms with van der Waals surface area (Å²) in [5.41, 5.74) is 0. The van der Waals surface area contributed by atoms with Crippen molar-refractivity contribution in [1.82, 2.24) is 4.90 Å². The molecule has 0 aromatic rings. The molecule has 0 saturated heterocycles. The molecular weight excluding hydrogens is 318 g/mol. The molecule has 0 bridgehead atoms. The van der Waals surface area contributed by atoms with E-state index >= 15 is 0 Å². The first-order valence-corrected chi connectivity index (χ1v) is 10.2. The van der Waals surface area contributed by atoms with E-state index in [1.165, 1.54) is 64.2 Å². The average molecular weight is 358 g/mol. The van der Waals surface area contributed by atoms with Gasteiger partial charge in [0, 0.05) is 13.1 Å². The number of hydrogen-bond donors (Lipinski definition) is 2. The zero-order valence-electron chi connectivity index (χ0n) is 16.2. The molecule has 0 aliphatic carbocycles. The molecule has 0 amide bonds. The van der Waals surface area contributed by atoms with Crippen LogP contribution in [0.4, 0.5) is 0 Å². The van der Waals surface area contributed by atoms with Gasteiger partial charge in [-0.2, -0.15) is 0 Å². The predicted molar refractivity (Wildman–Crippen MR) is 102 cm³/mol. The van der Waals surface area contributed by atoms with Crippen molar-refractivity contribution >= 4 is 11.9 Å². The minimum absolute atomic E-state index is 0.0812. The highest BCUT2D eigenvalue weighted by Crippen LogP contribution is 2.12. The van der Waals surface area contributed by atoms with Crippen molar-refractivity contribution in [2.24, 2.45) is 0 Å². The molecule has 0 atom stereocenters. The molecule has 2 N–H and O–H groups in total. The van der Waals surface area contributed by atoms with Gasteiger partial charge in [-0.3, -0.25) is 9.59 Å². The number of carboxylic acids is 2. The molecule has 0 fully saturated rings. The average Bonchev–Trinajstić information content (AvgIpc) is 2.57. The van der Waals surface area contributed by atoms with Gasteiger partial charge in [0.25, 0.3) is 0 Å². The highest BCUT2D eigenvalue weighted by molar-refractivity contribution is 5.67. The van der Waals surface area contributed by atoms with Crippen molar-refractivity contribution in [3.8, 4) is 0 Å². The van der Waals surface area contributed by atoms with Crippen LogP contribution in [0.3, 0.4) is 0 Å². The van der Waals surface area contributed by atoms with E-state index in [1.54, 1.807) is 0 Å². The fraction of sp³-hybridized carbons (Fsp3) is 0.900. The van der Waals surface area contributed by atoms with E-state index < -0.39 is 11.9 Å². The van der Waals surface area contributed by atoms with E-state index in [1.807, 2.05) is 4.90 Å². The van der Waals surface area contributed by atoms with E-state index in [-0.39, 0.29) is 12.8 Å². The quantitative estimate of drug-likeness (QED) is 0.320. The first-order valence-electron chi connectivity index (χ1n) is 10.2. The van der Waals surface area contributed by atoms with Crippen molar-refractivity contribution in [2.75, 3.05) is 19.6 Å². The van der Waals surface area contributed by atoms with Crippen molar-refractivity contribution in [3.05, 3.63) is 0 Å². The molecule has 0 aromatic heterocycles. The zero-order valence-corrected chi connectivity index (χ0v) is 16.2. The fourth-order valence-electron chi connectivity index (χ4n) is 3.02. The molecular formula is C20H39NO4. The maximum absolute atomic E-state index is 10.7. The van der Waals surface area contributed by atoms with Gasteiger partial charge < -0.3 is 15.1 Å². The van der Waals surface area contributed by atoms with Gasteiger partial charge in [0.2, 0.25) is 0 Å². The van der Waals surface area contributed by atoms with Crippen LogP contribution in [0, 0.1) is 0 Å². The molecule has 25 heavy (non-hydrogen) atoms. The topological polar surface area (TPSA) is 77.8 Å². The Morgan fingerprint density at radius 3 is 1.32 bits per heavy atom. The minimum atomic E-state index is -0.824. The number of nitrogens with zero attached hydrogens (tertiary/aromatic N) is 1. The maximum Gasteiger partial charge on any atom is 0.304 e. The van der Waals surface area contributed by atoms with Crippen molar-refractivity contribution in [3.63, 3.8) is 0 Å². The van der Waals surface area contributed by atoms with Crippen LogP contribution in [0.2, 0.25) is 0 Å². The van der Waals surface area contributed by atoms with E-state index in [0.29, 0.717) is 13.1 Å². The summed E-state index contributed by atoms with van der Waals surface area (Å²) in [4.78, 5) is 23.3. The zero-order chi connectivity index (χ0) is 18.8. The van der Waals surface area contributed by atoms with Gasteiger partial charge >= 0.3 is 11.9 Å². The lowest BCUT2D eigenvalue weighted by Gasteiger charge is -2.20. The molecule has 0 saturated carbocycles. The summed E-state index contributed by atoms with van der Waals surface area (Å²) in [6.45, 7) is 3.94. The van der Waals surface area contributed by atoms with Crippen molar-refractivity contribution < 1.29 is 19.8 Å². The molecule has 0 rings (SSSR count).